The maximum absolute atomic E-state index is 13.1. The number of hydrogen-bond acceptors (Lipinski definition) is 2. The Morgan fingerprint density at radius 3 is 1.71 bits per heavy atom. The van der Waals surface area contributed by atoms with E-state index in [-0.39, 0.29) is 17.5 Å². The molecule has 3 N–H and O–H groups in total. The summed E-state index contributed by atoms with van der Waals surface area (Å²) < 4.78 is 26.2. The predicted octanol–water partition coefficient (Wildman–Crippen LogP) is 2.97. The zero-order chi connectivity index (χ0) is 17.7. The highest BCUT2D eigenvalue weighted by atomic mass is 19.1. The van der Waals surface area contributed by atoms with Gasteiger partial charge in [0.25, 0.3) is 0 Å². The van der Waals surface area contributed by atoms with Gasteiger partial charge in [-0.25, -0.2) is 8.78 Å². The van der Waals surface area contributed by atoms with Gasteiger partial charge in [0.2, 0.25) is 5.91 Å². The monoisotopic (exact) mass is 332 g/mol. The van der Waals surface area contributed by atoms with Crippen LogP contribution in [0.25, 0.3) is 0 Å². The minimum absolute atomic E-state index is 0.262. The topological polar surface area (TPSA) is 55.1 Å². The minimum atomic E-state index is -0.634. The summed E-state index contributed by atoms with van der Waals surface area (Å²) in [6.07, 6.45) is 1.01. The van der Waals surface area contributed by atoms with Crippen LogP contribution < -0.4 is 11.1 Å². The van der Waals surface area contributed by atoms with Crippen molar-refractivity contribution < 1.29 is 13.6 Å². The lowest BCUT2D eigenvalue weighted by molar-refractivity contribution is -0.123. The number of nitrogens with two attached hydrogens (primary N) is 1. The summed E-state index contributed by atoms with van der Waals surface area (Å²) in [6.45, 7) is 3.52. The Kier molecular flexibility index (Phi) is 5.67. The van der Waals surface area contributed by atoms with Crippen LogP contribution in [0.15, 0.2) is 48.5 Å². The van der Waals surface area contributed by atoms with Gasteiger partial charge in [0.05, 0.1) is 6.04 Å². The maximum atomic E-state index is 13.1. The summed E-state index contributed by atoms with van der Waals surface area (Å²) in [7, 11) is 0. The maximum Gasteiger partial charge on any atom is 0.237 e. The molecule has 0 aromatic heterocycles. The highest BCUT2D eigenvalue weighted by molar-refractivity contribution is 5.81. The Hall–Kier alpha value is -2.27. The summed E-state index contributed by atoms with van der Waals surface area (Å²) >= 11 is 0. The normalized spacial score (nSPS) is 12.7. The number of benzene rings is 2. The zero-order valence-electron chi connectivity index (χ0n) is 13.9. The molecule has 1 amide bonds. The summed E-state index contributed by atoms with van der Waals surface area (Å²) in [6, 6.07) is 11.7. The summed E-state index contributed by atoms with van der Waals surface area (Å²) in [5, 5.41) is 2.97. The Morgan fingerprint density at radius 1 is 1.00 bits per heavy atom. The Bertz CT molecular complexity index is 634. The van der Waals surface area contributed by atoms with Gasteiger partial charge in [0, 0.05) is 5.54 Å². The number of rotatable bonds is 6. The molecular formula is C19H22F2N2O. The highest BCUT2D eigenvalue weighted by Gasteiger charge is 2.28. The number of hydrogen-bond donors (Lipinski definition) is 2. The second-order valence-corrected chi connectivity index (χ2v) is 6.45. The molecular weight excluding hydrogens is 310 g/mol. The SMILES string of the molecule is C[C@H](N)C(=O)NC(C)(Cc1ccc(F)cc1)Cc1ccc(F)cc1. The number of halogens is 2. The van der Waals surface area contributed by atoms with E-state index in [2.05, 4.69) is 5.32 Å². The van der Waals surface area contributed by atoms with E-state index < -0.39 is 11.6 Å². The van der Waals surface area contributed by atoms with Crippen LogP contribution in [0.5, 0.6) is 0 Å². The van der Waals surface area contributed by atoms with Gasteiger partial charge in [0.15, 0.2) is 0 Å². The Morgan fingerprint density at radius 2 is 1.38 bits per heavy atom. The van der Waals surface area contributed by atoms with E-state index in [1.54, 1.807) is 31.2 Å². The molecule has 0 bridgehead atoms. The van der Waals surface area contributed by atoms with E-state index in [4.69, 9.17) is 5.73 Å². The van der Waals surface area contributed by atoms with Crippen molar-refractivity contribution in [1.82, 2.24) is 5.32 Å². The lowest BCUT2D eigenvalue weighted by Crippen LogP contribution is -2.53. The van der Waals surface area contributed by atoms with Crippen LogP contribution in [0.4, 0.5) is 8.78 Å². The smallest absolute Gasteiger partial charge is 0.237 e. The predicted molar refractivity (Wildman–Crippen MR) is 90.4 cm³/mol. The van der Waals surface area contributed by atoms with Crippen molar-refractivity contribution in [3.63, 3.8) is 0 Å². The van der Waals surface area contributed by atoms with Crippen LogP contribution in [-0.4, -0.2) is 17.5 Å². The van der Waals surface area contributed by atoms with Crippen LogP contribution in [0.2, 0.25) is 0 Å². The molecule has 0 unspecified atom stereocenters. The molecule has 1 atom stereocenters. The van der Waals surface area contributed by atoms with E-state index in [9.17, 15) is 13.6 Å². The molecule has 0 aliphatic carbocycles. The first-order valence-electron chi connectivity index (χ1n) is 7.84. The van der Waals surface area contributed by atoms with E-state index in [1.165, 1.54) is 24.3 Å². The molecule has 0 heterocycles. The first-order chi connectivity index (χ1) is 11.3. The third-order valence-corrected chi connectivity index (χ3v) is 3.85. The molecule has 2 aromatic carbocycles. The molecule has 5 heteroatoms. The van der Waals surface area contributed by atoms with Gasteiger partial charge < -0.3 is 11.1 Å². The lowest BCUT2D eigenvalue weighted by atomic mass is 9.86. The van der Waals surface area contributed by atoms with Crippen LogP contribution in [0.3, 0.4) is 0 Å². The fourth-order valence-electron chi connectivity index (χ4n) is 2.67. The van der Waals surface area contributed by atoms with E-state index >= 15 is 0 Å². The highest BCUT2D eigenvalue weighted by Crippen LogP contribution is 2.20. The summed E-state index contributed by atoms with van der Waals surface area (Å²) in [5.41, 5.74) is 6.82. The molecule has 24 heavy (non-hydrogen) atoms. The minimum Gasteiger partial charge on any atom is -0.349 e. The molecule has 2 aromatic rings. The van der Waals surface area contributed by atoms with Crippen molar-refractivity contribution in [2.24, 2.45) is 5.73 Å². The molecule has 0 aliphatic heterocycles. The molecule has 0 fully saturated rings. The number of nitrogens with one attached hydrogen (secondary N) is 1. The molecule has 2 rings (SSSR count). The first kappa shape index (κ1) is 18.1. The molecule has 0 aliphatic rings. The van der Waals surface area contributed by atoms with Gasteiger partial charge in [-0.05, 0) is 62.1 Å². The fraction of sp³-hybridized carbons (Fsp3) is 0.316. The molecule has 0 radical (unpaired) electrons. The number of amides is 1. The van der Waals surface area contributed by atoms with Crippen molar-refractivity contribution >= 4 is 5.91 Å². The van der Waals surface area contributed by atoms with Crippen molar-refractivity contribution in [2.45, 2.75) is 38.3 Å². The Labute approximate surface area is 140 Å². The van der Waals surface area contributed by atoms with E-state index in [1.807, 2.05) is 6.92 Å². The van der Waals surface area contributed by atoms with Gasteiger partial charge in [-0.1, -0.05) is 24.3 Å². The summed E-state index contributed by atoms with van der Waals surface area (Å²) in [4.78, 5) is 12.1. The average molecular weight is 332 g/mol. The van der Waals surface area contributed by atoms with Gasteiger partial charge in [-0.15, -0.1) is 0 Å². The number of carbonyl (C=O) groups excluding carboxylic acids is 1. The second-order valence-electron chi connectivity index (χ2n) is 6.45. The third-order valence-electron chi connectivity index (χ3n) is 3.85. The van der Waals surface area contributed by atoms with Crippen LogP contribution in [0.1, 0.15) is 25.0 Å². The Balaban J connectivity index is 2.23. The van der Waals surface area contributed by atoms with Crippen molar-refractivity contribution in [2.75, 3.05) is 0 Å². The van der Waals surface area contributed by atoms with Crippen molar-refractivity contribution in [3.05, 3.63) is 71.3 Å². The van der Waals surface area contributed by atoms with E-state index in [0.29, 0.717) is 12.8 Å². The average Bonchev–Trinajstić information content (AvgIpc) is 2.51. The second kappa shape index (κ2) is 7.53. The van der Waals surface area contributed by atoms with Crippen molar-refractivity contribution in [1.29, 1.82) is 0 Å². The molecule has 128 valence electrons. The van der Waals surface area contributed by atoms with E-state index in [0.717, 1.165) is 11.1 Å². The van der Waals surface area contributed by atoms with Gasteiger partial charge in [-0.3, -0.25) is 4.79 Å². The quantitative estimate of drug-likeness (QED) is 0.854. The van der Waals surface area contributed by atoms with Gasteiger partial charge in [-0.2, -0.15) is 0 Å². The molecule has 0 saturated heterocycles. The first-order valence-corrected chi connectivity index (χ1v) is 7.84. The van der Waals surface area contributed by atoms with Gasteiger partial charge in [0.1, 0.15) is 11.6 Å². The van der Waals surface area contributed by atoms with Crippen LogP contribution in [0, 0.1) is 11.6 Å². The van der Waals surface area contributed by atoms with Crippen LogP contribution in [-0.2, 0) is 17.6 Å². The third kappa shape index (κ3) is 5.13. The number of carbonyl (C=O) groups is 1. The zero-order valence-corrected chi connectivity index (χ0v) is 13.9. The lowest BCUT2D eigenvalue weighted by Gasteiger charge is -2.32. The molecule has 3 nitrogen and oxygen atoms in total. The fourth-order valence-corrected chi connectivity index (χ4v) is 2.67. The van der Waals surface area contributed by atoms with Gasteiger partial charge >= 0.3 is 0 Å². The summed E-state index contributed by atoms with van der Waals surface area (Å²) in [5.74, 6) is -0.876. The molecule has 0 saturated carbocycles. The largest absolute Gasteiger partial charge is 0.349 e. The van der Waals surface area contributed by atoms with Crippen molar-refractivity contribution in [3.8, 4) is 0 Å². The van der Waals surface area contributed by atoms with Crippen LogP contribution >= 0.6 is 0 Å². The standard InChI is InChI=1S/C19H22F2N2O/c1-13(22)18(24)23-19(2,11-14-3-7-16(20)8-4-14)12-15-5-9-17(21)10-6-15/h3-10,13H,11-12,22H2,1-2H3,(H,23,24)/t13-/m0/s1. The molecule has 0 spiro atoms.